The number of rotatable bonds is 4. The van der Waals surface area contributed by atoms with Crippen molar-refractivity contribution in [3.05, 3.63) is 24.3 Å². The van der Waals surface area contributed by atoms with Crippen molar-refractivity contribution < 1.29 is 4.79 Å². The first kappa shape index (κ1) is 11.3. The predicted octanol–water partition coefficient (Wildman–Crippen LogP) is 0.936. The molecule has 5 heteroatoms. The molecule has 0 aromatic heterocycles. The zero-order valence-electron chi connectivity index (χ0n) is 8.66. The summed E-state index contributed by atoms with van der Waals surface area (Å²) in [7, 11) is 0. The van der Waals surface area contributed by atoms with Gasteiger partial charge in [0.1, 0.15) is 0 Å². The number of primary amides is 1. The molecule has 82 valence electrons. The van der Waals surface area contributed by atoms with E-state index in [1.54, 1.807) is 12.1 Å². The van der Waals surface area contributed by atoms with E-state index >= 15 is 0 Å². The highest BCUT2D eigenvalue weighted by molar-refractivity contribution is 5.88. The van der Waals surface area contributed by atoms with E-state index in [-0.39, 0.29) is 6.04 Å². The first-order valence-corrected chi connectivity index (χ1v) is 4.75. The van der Waals surface area contributed by atoms with Gasteiger partial charge in [0.15, 0.2) is 0 Å². The number of amides is 2. The van der Waals surface area contributed by atoms with Crippen LogP contribution < -0.4 is 22.1 Å². The summed E-state index contributed by atoms with van der Waals surface area (Å²) >= 11 is 0. The standard InChI is InChI=1S/C10H16N4O/c1-7(6-11)13-8-3-2-4-9(5-8)14-10(12)15/h2-5,7,13H,6,11H2,1H3,(H3,12,14,15). The SMILES string of the molecule is CC(CN)Nc1cccc(NC(N)=O)c1. The average Bonchev–Trinajstić information content (AvgIpc) is 2.17. The summed E-state index contributed by atoms with van der Waals surface area (Å²) in [4.78, 5) is 10.6. The number of urea groups is 1. The third-order valence-electron chi connectivity index (χ3n) is 1.90. The lowest BCUT2D eigenvalue weighted by Crippen LogP contribution is -2.25. The largest absolute Gasteiger partial charge is 0.381 e. The van der Waals surface area contributed by atoms with E-state index in [2.05, 4.69) is 10.6 Å². The maximum absolute atomic E-state index is 10.6. The first-order chi connectivity index (χ1) is 7.11. The molecule has 0 radical (unpaired) electrons. The van der Waals surface area contributed by atoms with Crippen LogP contribution in [-0.2, 0) is 0 Å². The van der Waals surface area contributed by atoms with Crippen LogP contribution in [0.15, 0.2) is 24.3 Å². The van der Waals surface area contributed by atoms with Gasteiger partial charge in [-0.25, -0.2) is 4.79 Å². The number of nitrogens with one attached hydrogen (secondary N) is 2. The van der Waals surface area contributed by atoms with Gasteiger partial charge < -0.3 is 22.1 Å². The van der Waals surface area contributed by atoms with Crippen LogP contribution in [0, 0.1) is 0 Å². The molecule has 0 aliphatic carbocycles. The fraction of sp³-hybridized carbons (Fsp3) is 0.300. The molecule has 1 unspecified atom stereocenters. The molecule has 1 aromatic rings. The minimum Gasteiger partial charge on any atom is -0.381 e. The first-order valence-electron chi connectivity index (χ1n) is 4.75. The number of hydrogen-bond donors (Lipinski definition) is 4. The van der Waals surface area contributed by atoms with Crippen molar-refractivity contribution in [2.24, 2.45) is 11.5 Å². The van der Waals surface area contributed by atoms with Crippen LogP contribution in [0.2, 0.25) is 0 Å². The number of carbonyl (C=O) groups excluding carboxylic acids is 1. The molecule has 1 aromatic carbocycles. The minimum absolute atomic E-state index is 0.189. The Morgan fingerprint density at radius 1 is 1.47 bits per heavy atom. The van der Waals surface area contributed by atoms with Gasteiger partial charge in [0.2, 0.25) is 0 Å². The van der Waals surface area contributed by atoms with Crippen LogP contribution in [0.5, 0.6) is 0 Å². The summed E-state index contributed by atoms with van der Waals surface area (Å²) in [6.45, 7) is 2.53. The van der Waals surface area contributed by atoms with Gasteiger partial charge in [-0.2, -0.15) is 0 Å². The molecule has 0 heterocycles. The molecule has 1 rings (SSSR count). The van der Waals surface area contributed by atoms with Crippen LogP contribution in [0.3, 0.4) is 0 Å². The number of hydrogen-bond acceptors (Lipinski definition) is 3. The van der Waals surface area contributed by atoms with Crippen molar-refractivity contribution >= 4 is 17.4 Å². The fourth-order valence-electron chi connectivity index (χ4n) is 1.17. The summed E-state index contributed by atoms with van der Waals surface area (Å²) in [6, 6.07) is 6.92. The van der Waals surface area contributed by atoms with Gasteiger partial charge in [0, 0.05) is 24.0 Å². The van der Waals surface area contributed by atoms with E-state index in [0.29, 0.717) is 12.2 Å². The smallest absolute Gasteiger partial charge is 0.316 e. The lowest BCUT2D eigenvalue weighted by molar-refractivity contribution is 0.259. The topological polar surface area (TPSA) is 93.2 Å². The van der Waals surface area contributed by atoms with E-state index in [9.17, 15) is 4.79 Å². The second-order valence-corrected chi connectivity index (χ2v) is 3.35. The highest BCUT2D eigenvalue weighted by Crippen LogP contribution is 2.15. The molecule has 6 N–H and O–H groups in total. The van der Waals surface area contributed by atoms with Gasteiger partial charge in [0.25, 0.3) is 0 Å². The summed E-state index contributed by atoms with van der Waals surface area (Å²) in [5.74, 6) is 0. The van der Waals surface area contributed by atoms with Crippen molar-refractivity contribution in [3.63, 3.8) is 0 Å². The molecular weight excluding hydrogens is 192 g/mol. The number of benzene rings is 1. The Hall–Kier alpha value is -1.75. The second kappa shape index (κ2) is 5.21. The molecule has 2 amide bonds. The fourth-order valence-corrected chi connectivity index (χ4v) is 1.17. The highest BCUT2D eigenvalue weighted by atomic mass is 16.2. The average molecular weight is 208 g/mol. The van der Waals surface area contributed by atoms with Crippen molar-refractivity contribution in [3.8, 4) is 0 Å². The normalized spacial score (nSPS) is 11.9. The quantitative estimate of drug-likeness (QED) is 0.593. The van der Waals surface area contributed by atoms with Gasteiger partial charge in [-0.3, -0.25) is 0 Å². The maximum Gasteiger partial charge on any atom is 0.316 e. The second-order valence-electron chi connectivity index (χ2n) is 3.35. The van der Waals surface area contributed by atoms with Gasteiger partial charge in [-0.05, 0) is 25.1 Å². The van der Waals surface area contributed by atoms with Gasteiger partial charge in [-0.15, -0.1) is 0 Å². The summed E-state index contributed by atoms with van der Waals surface area (Å²) in [5.41, 5.74) is 12.1. The zero-order chi connectivity index (χ0) is 11.3. The van der Waals surface area contributed by atoms with Gasteiger partial charge >= 0.3 is 6.03 Å². The number of nitrogens with two attached hydrogens (primary N) is 2. The summed E-state index contributed by atoms with van der Waals surface area (Å²) < 4.78 is 0. The van der Waals surface area contributed by atoms with Crippen LogP contribution in [0.25, 0.3) is 0 Å². The Kier molecular flexibility index (Phi) is 3.93. The maximum atomic E-state index is 10.6. The Labute approximate surface area is 88.8 Å². The molecule has 0 aliphatic rings. The van der Waals surface area contributed by atoms with E-state index in [4.69, 9.17) is 11.5 Å². The molecule has 5 nitrogen and oxygen atoms in total. The Morgan fingerprint density at radius 2 is 2.13 bits per heavy atom. The molecule has 15 heavy (non-hydrogen) atoms. The number of carbonyl (C=O) groups is 1. The Bertz CT molecular complexity index is 340. The molecule has 1 atom stereocenters. The predicted molar refractivity (Wildman–Crippen MR) is 61.8 cm³/mol. The van der Waals surface area contributed by atoms with Crippen molar-refractivity contribution in [1.82, 2.24) is 0 Å². The molecule has 0 saturated heterocycles. The van der Waals surface area contributed by atoms with Gasteiger partial charge in [-0.1, -0.05) is 6.07 Å². The highest BCUT2D eigenvalue weighted by Gasteiger charge is 2.00. The van der Waals surface area contributed by atoms with Crippen molar-refractivity contribution in [2.75, 3.05) is 17.2 Å². The van der Waals surface area contributed by atoms with Crippen molar-refractivity contribution in [1.29, 1.82) is 0 Å². The molecular formula is C10H16N4O. The molecule has 0 aliphatic heterocycles. The third kappa shape index (κ3) is 3.86. The lowest BCUT2D eigenvalue weighted by atomic mass is 10.2. The number of anilines is 2. The van der Waals surface area contributed by atoms with E-state index < -0.39 is 6.03 Å². The van der Waals surface area contributed by atoms with E-state index in [1.165, 1.54) is 0 Å². The van der Waals surface area contributed by atoms with Crippen LogP contribution >= 0.6 is 0 Å². The van der Waals surface area contributed by atoms with Crippen LogP contribution in [-0.4, -0.2) is 18.6 Å². The third-order valence-corrected chi connectivity index (χ3v) is 1.90. The molecule has 0 bridgehead atoms. The minimum atomic E-state index is -0.570. The van der Waals surface area contributed by atoms with Gasteiger partial charge in [0.05, 0.1) is 0 Å². The Morgan fingerprint density at radius 3 is 2.73 bits per heavy atom. The molecule has 0 saturated carbocycles. The lowest BCUT2D eigenvalue weighted by Gasteiger charge is -2.13. The monoisotopic (exact) mass is 208 g/mol. The zero-order valence-corrected chi connectivity index (χ0v) is 8.66. The molecule has 0 fully saturated rings. The van der Waals surface area contributed by atoms with Crippen LogP contribution in [0.4, 0.5) is 16.2 Å². The van der Waals surface area contributed by atoms with E-state index in [1.807, 2.05) is 19.1 Å². The Balaban J connectivity index is 2.69. The summed E-state index contributed by atoms with van der Waals surface area (Å²) in [6.07, 6.45) is 0. The van der Waals surface area contributed by atoms with Crippen LogP contribution in [0.1, 0.15) is 6.92 Å². The summed E-state index contributed by atoms with van der Waals surface area (Å²) in [5, 5.41) is 5.69. The van der Waals surface area contributed by atoms with Crippen molar-refractivity contribution in [2.45, 2.75) is 13.0 Å². The molecule has 0 spiro atoms. The van der Waals surface area contributed by atoms with E-state index in [0.717, 1.165) is 5.69 Å².